The van der Waals surface area contributed by atoms with Crippen LogP contribution in [-0.2, 0) is 22.5 Å². The normalized spacial score (nSPS) is 19.4. The Bertz CT molecular complexity index is 740. The molecule has 2 aromatic rings. The molecule has 1 aliphatic carbocycles. The Morgan fingerprint density at radius 2 is 2.12 bits per heavy atom. The van der Waals surface area contributed by atoms with Crippen LogP contribution in [-0.4, -0.2) is 23.5 Å². The van der Waals surface area contributed by atoms with Crippen LogP contribution in [0.2, 0.25) is 5.02 Å². The van der Waals surface area contributed by atoms with Crippen molar-refractivity contribution in [3.63, 3.8) is 0 Å². The molecule has 1 aliphatic heterocycles. The molecule has 1 atom stereocenters. The van der Waals surface area contributed by atoms with E-state index in [1.807, 2.05) is 24.3 Å². The van der Waals surface area contributed by atoms with Crippen molar-refractivity contribution in [1.29, 1.82) is 0 Å². The number of hydrogen-bond donors (Lipinski definition) is 0. The van der Waals surface area contributed by atoms with E-state index in [1.54, 1.807) is 11.3 Å². The fourth-order valence-corrected chi connectivity index (χ4v) is 4.51. The summed E-state index contributed by atoms with van der Waals surface area (Å²) in [5, 5.41) is 2.76. The number of thiophene rings is 1. The smallest absolute Gasteiger partial charge is 0.328 e. The van der Waals surface area contributed by atoms with Crippen molar-refractivity contribution in [3.05, 3.63) is 56.7 Å². The fourth-order valence-electron chi connectivity index (χ4n) is 3.38. The highest BCUT2D eigenvalue weighted by Gasteiger charge is 2.35. The molecule has 0 spiro atoms. The molecule has 1 saturated carbocycles. The molecule has 1 aromatic carbocycles. The number of carbonyl (C=O) groups is 1. The molecule has 4 rings (SSSR count). The molecule has 0 radical (unpaired) electrons. The van der Waals surface area contributed by atoms with E-state index in [0.717, 1.165) is 44.3 Å². The highest BCUT2D eigenvalue weighted by molar-refractivity contribution is 7.10. The molecule has 3 nitrogen and oxygen atoms in total. The molecule has 1 unspecified atom stereocenters. The second kappa shape index (κ2) is 6.87. The molecule has 24 heavy (non-hydrogen) atoms. The van der Waals surface area contributed by atoms with Crippen LogP contribution in [0, 0.1) is 0 Å². The van der Waals surface area contributed by atoms with Crippen LogP contribution in [0.1, 0.15) is 41.3 Å². The molecule has 1 aromatic heterocycles. The fraction of sp³-hybridized carbons (Fsp3) is 0.421. The number of carbonyl (C=O) groups excluding carboxylic acids is 1. The third kappa shape index (κ3) is 3.10. The maximum Gasteiger partial charge on any atom is 0.328 e. The van der Waals surface area contributed by atoms with Gasteiger partial charge in [-0.05, 0) is 54.3 Å². The number of halogens is 1. The van der Waals surface area contributed by atoms with Crippen LogP contribution < -0.4 is 0 Å². The predicted molar refractivity (Wildman–Crippen MR) is 96.4 cm³/mol. The van der Waals surface area contributed by atoms with Crippen molar-refractivity contribution < 1.29 is 9.53 Å². The van der Waals surface area contributed by atoms with Gasteiger partial charge in [-0.1, -0.05) is 29.8 Å². The van der Waals surface area contributed by atoms with E-state index in [2.05, 4.69) is 16.3 Å². The summed E-state index contributed by atoms with van der Waals surface area (Å²) in [4.78, 5) is 16.6. The lowest BCUT2D eigenvalue weighted by Crippen LogP contribution is -2.40. The zero-order valence-electron chi connectivity index (χ0n) is 13.4. The van der Waals surface area contributed by atoms with E-state index in [0.29, 0.717) is 5.02 Å². The number of ether oxygens (including phenoxy) is 1. The monoisotopic (exact) mass is 361 g/mol. The lowest BCUT2D eigenvalue weighted by Gasteiger charge is -2.35. The summed E-state index contributed by atoms with van der Waals surface area (Å²) >= 11 is 8.21. The number of esters is 1. The Balaban J connectivity index is 1.63. The zero-order valence-corrected chi connectivity index (χ0v) is 15.0. The predicted octanol–water partition coefficient (Wildman–Crippen LogP) is 4.60. The van der Waals surface area contributed by atoms with E-state index in [4.69, 9.17) is 16.3 Å². The number of nitrogens with zero attached hydrogens (tertiary/aromatic N) is 1. The van der Waals surface area contributed by atoms with Crippen molar-refractivity contribution in [2.24, 2.45) is 0 Å². The summed E-state index contributed by atoms with van der Waals surface area (Å²) in [6, 6.07) is 9.36. The number of hydrogen-bond acceptors (Lipinski definition) is 4. The van der Waals surface area contributed by atoms with Gasteiger partial charge in [-0.15, -0.1) is 11.3 Å². The maximum absolute atomic E-state index is 12.9. The van der Waals surface area contributed by atoms with Gasteiger partial charge in [-0.2, -0.15) is 0 Å². The number of rotatable bonds is 4. The van der Waals surface area contributed by atoms with Crippen LogP contribution >= 0.6 is 22.9 Å². The van der Waals surface area contributed by atoms with Crippen LogP contribution in [0.25, 0.3) is 0 Å². The van der Waals surface area contributed by atoms with E-state index in [-0.39, 0.29) is 12.1 Å². The Kier molecular flexibility index (Phi) is 4.61. The molecule has 0 N–H and O–H groups in total. The van der Waals surface area contributed by atoms with Gasteiger partial charge >= 0.3 is 5.97 Å². The van der Waals surface area contributed by atoms with E-state index in [9.17, 15) is 4.79 Å². The van der Waals surface area contributed by atoms with E-state index in [1.165, 1.54) is 10.4 Å². The quantitative estimate of drug-likeness (QED) is 0.745. The topological polar surface area (TPSA) is 29.5 Å². The van der Waals surface area contributed by atoms with Gasteiger partial charge in [0.2, 0.25) is 0 Å². The average Bonchev–Trinajstić information content (AvgIpc) is 3.01. The molecule has 0 saturated heterocycles. The van der Waals surface area contributed by atoms with Crippen LogP contribution in [0.4, 0.5) is 0 Å². The van der Waals surface area contributed by atoms with Gasteiger partial charge in [0.15, 0.2) is 0 Å². The molecule has 0 bridgehead atoms. The second-order valence-corrected chi connectivity index (χ2v) is 7.91. The third-order valence-electron chi connectivity index (χ3n) is 4.96. The minimum atomic E-state index is -0.424. The molecule has 126 valence electrons. The van der Waals surface area contributed by atoms with Crippen molar-refractivity contribution in [1.82, 2.24) is 4.90 Å². The Hall–Kier alpha value is -1.36. The van der Waals surface area contributed by atoms with Gasteiger partial charge < -0.3 is 4.74 Å². The van der Waals surface area contributed by atoms with Crippen molar-refractivity contribution in [3.8, 4) is 0 Å². The molecule has 0 amide bonds. The zero-order chi connectivity index (χ0) is 16.5. The summed E-state index contributed by atoms with van der Waals surface area (Å²) < 4.78 is 5.74. The minimum Gasteiger partial charge on any atom is -0.461 e. The molecule has 5 heteroatoms. The summed E-state index contributed by atoms with van der Waals surface area (Å²) in [6.07, 6.45) is 4.18. The first-order valence-electron chi connectivity index (χ1n) is 8.46. The standard InChI is InChI=1S/C19H20ClNO2S/c20-16-7-2-1-6-15(16)18(19(22)23-14-4-3-5-14)21-10-8-17-13(12-21)9-11-24-17/h1-2,6-7,9,11,14,18H,3-5,8,10,12H2. The molecule has 2 aliphatic rings. The lowest BCUT2D eigenvalue weighted by atomic mass is 9.95. The number of fused-ring (bicyclic) bond motifs is 1. The first-order valence-corrected chi connectivity index (χ1v) is 9.72. The first kappa shape index (κ1) is 16.1. The number of benzene rings is 1. The van der Waals surface area contributed by atoms with Gasteiger partial charge in [0.25, 0.3) is 0 Å². The Morgan fingerprint density at radius 3 is 2.88 bits per heavy atom. The molecular weight excluding hydrogens is 342 g/mol. The molecular formula is C19H20ClNO2S. The van der Waals surface area contributed by atoms with Crippen molar-refractivity contribution in [2.75, 3.05) is 6.54 Å². The average molecular weight is 362 g/mol. The van der Waals surface area contributed by atoms with Gasteiger partial charge in [-0.3, -0.25) is 4.90 Å². The third-order valence-corrected chi connectivity index (χ3v) is 6.33. The summed E-state index contributed by atoms with van der Waals surface area (Å²) in [7, 11) is 0. The van der Waals surface area contributed by atoms with Crippen LogP contribution in [0.15, 0.2) is 35.7 Å². The van der Waals surface area contributed by atoms with E-state index < -0.39 is 6.04 Å². The maximum atomic E-state index is 12.9. The molecule has 1 fully saturated rings. The molecule has 2 heterocycles. The highest BCUT2D eigenvalue weighted by Crippen LogP contribution is 2.35. The largest absolute Gasteiger partial charge is 0.461 e. The Labute approximate surface area is 151 Å². The summed E-state index contributed by atoms with van der Waals surface area (Å²) in [5.41, 5.74) is 2.17. The van der Waals surface area contributed by atoms with Crippen LogP contribution in [0.3, 0.4) is 0 Å². The van der Waals surface area contributed by atoms with E-state index >= 15 is 0 Å². The van der Waals surface area contributed by atoms with Gasteiger partial charge in [0, 0.05) is 23.0 Å². The summed E-state index contributed by atoms with van der Waals surface area (Å²) in [6.45, 7) is 1.62. The second-order valence-electron chi connectivity index (χ2n) is 6.50. The highest BCUT2D eigenvalue weighted by atomic mass is 35.5. The Morgan fingerprint density at radius 1 is 1.29 bits per heavy atom. The van der Waals surface area contributed by atoms with Gasteiger partial charge in [-0.25, -0.2) is 4.79 Å². The first-order chi connectivity index (χ1) is 11.7. The minimum absolute atomic E-state index is 0.0870. The SMILES string of the molecule is O=C(OC1CCC1)C(c1ccccc1Cl)N1CCc2sccc2C1. The van der Waals surface area contributed by atoms with Crippen molar-refractivity contribution >= 4 is 28.9 Å². The van der Waals surface area contributed by atoms with Crippen LogP contribution in [0.5, 0.6) is 0 Å². The van der Waals surface area contributed by atoms with Gasteiger partial charge in [0.05, 0.1) is 0 Å². The van der Waals surface area contributed by atoms with Gasteiger partial charge in [0.1, 0.15) is 12.1 Å². The summed E-state index contributed by atoms with van der Waals surface area (Å²) in [5.74, 6) is -0.161. The van der Waals surface area contributed by atoms with Crippen molar-refractivity contribution in [2.45, 2.75) is 44.4 Å². The lowest BCUT2D eigenvalue weighted by molar-refractivity contribution is -0.160.